The highest BCUT2D eigenvalue weighted by atomic mass is 16.3. The Hall–Kier alpha value is -0.160. The first-order valence-electron chi connectivity index (χ1n) is 3.19. The Bertz CT molecular complexity index is 93.0. The van der Waals surface area contributed by atoms with Gasteiger partial charge in [0.1, 0.15) is 0 Å². The number of aliphatic hydroxyl groups excluding tert-OH is 3. The second-order valence-corrected chi connectivity index (χ2v) is 2.76. The first-order chi connectivity index (χ1) is 4.60. The summed E-state index contributed by atoms with van der Waals surface area (Å²) in [5, 5.41) is 26.1. The molecule has 4 heteroatoms. The fourth-order valence-electron chi connectivity index (χ4n) is 0.505. The molecular formula is C6H15NO3. The van der Waals surface area contributed by atoms with Gasteiger partial charge < -0.3 is 21.1 Å². The molecule has 0 saturated carbocycles. The highest BCUT2D eigenvalue weighted by Crippen LogP contribution is 2.17. The summed E-state index contributed by atoms with van der Waals surface area (Å²) in [5.74, 6) is 0. The van der Waals surface area contributed by atoms with Crippen molar-refractivity contribution in [2.24, 2.45) is 11.1 Å². The molecule has 5 N–H and O–H groups in total. The predicted octanol–water partition coefficient (Wildman–Crippen LogP) is -1.70. The van der Waals surface area contributed by atoms with Crippen LogP contribution in [-0.2, 0) is 0 Å². The number of rotatable bonds is 4. The molecule has 1 atom stereocenters. The molecule has 0 rings (SSSR count). The van der Waals surface area contributed by atoms with Crippen molar-refractivity contribution in [2.75, 3.05) is 19.8 Å². The van der Waals surface area contributed by atoms with Crippen LogP contribution >= 0.6 is 0 Å². The van der Waals surface area contributed by atoms with Gasteiger partial charge >= 0.3 is 0 Å². The number of nitrogens with two attached hydrogens (primary N) is 1. The van der Waals surface area contributed by atoms with Crippen molar-refractivity contribution in [3.8, 4) is 0 Å². The molecule has 0 aromatic carbocycles. The highest BCUT2D eigenvalue weighted by molar-refractivity contribution is 4.83. The van der Waals surface area contributed by atoms with Crippen LogP contribution in [0.3, 0.4) is 0 Å². The van der Waals surface area contributed by atoms with E-state index in [9.17, 15) is 0 Å². The van der Waals surface area contributed by atoms with Gasteiger partial charge in [0.25, 0.3) is 0 Å². The van der Waals surface area contributed by atoms with E-state index in [2.05, 4.69) is 0 Å². The molecular weight excluding hydrogens is 134 g/mol. The van der Waals surface area contributed by atoms with Crippen molar-refractivity contribution in [1.82, 2.24) is 0 Å². The average Bonchev–Trinajstić information content (AvgIpc) is 2.01. The third-order valence-electron chi connectivity index (χ3n) is 1.81. The fraction of sp³-hybridized carbons (Fsp3) is 1.00. The minimum atomic E-state index is -0.769. The minimum absolute atomic E-state index is 0.217. The van der Waals surface area contributed by atoms with Crippen molar-refractivity contribution in [3.05, 3.63) is 0 Å². The molecule has 0 aliphatic rings. The fourth-order valence-corrected chi connectivity index (χ4v) is 0.505. The summed E-state index contributed by atoms with van der Waals surface area (Å²) >= 11 is 0. The van der Waals surface area contributed by atoms with Crippen LogP contribution in [0.25, 0.3) is 0 Å². The smallest absolute Gasteiger partial charge is 0.0589 e. The van der Waals surface area contributed by atoms with Gasteiger partial charge in [0.05, 0.1) is 19.8 Å². The molecule has 0 heterocycles. The maximum atomic E-state index is 8.74. The summed E-state index contributed by atoms with van der Waals surface area (Å²) < 4.78 is 0. The van der Waals surface area contributed by atoms with E-state index in [1.54, 1.807) is 6.92 Å². The SMILES string of the molecule is CC(CO)(CO)C(N)CO. The number of hydrogen-bond donors (Lipinski definition) is 4. The second-order valence-electron chi connectivity index (χ2n) is 2.76. The van der Waals surface area contributed by atoms with Gasteiger partial charge in [0.15, 0.2) is 0 Å². The molecule has 0 aliphatic carbocycles. The van der Waals surface area contributed by atoms with Gasteiger partial charge in [-0.3, -0.25) is 0 Å². The minimum Gasteiger partial charge on any atom is -0.396 e. The summed E-state index contributed by atoms with van der Waals surface area (Å²) in [4.78, 5) is 0. The Kier molecular flexibility index (Phi) is 3.81. The van der Waals surface area contributed by atoms with E-state index >= 15 is 0 Å². The van der Waals surface area contributed by atoms with Crippen LogP contribution in [0.15, 0.2) is 0 Å². The molecule has 0 amide bonds. The molecule has 0 spiro atoms. The second kappa shape index (κ2) is 3.88. The maximum absolute atomic E-state index is 8.74. The maximum Gasteiger partial charge on any atom is 0.0589 e. The molecule has 0 aromatic rings. The summed E-state index contributed by atoms with van der Waals surface area (Å²) in [5.41, 5.74) is 4.63. The van der Waals surface area contributed by atoms with Crippen LogP contribution in [0.4, 0.5) is 0 Å². The van der Waals surface area contributed by atoms with E-state index in [1.165, 1.54) is 0 Å². The van der Waals surface area contributed by atoms with E-state index in [1.807, 2.05) is 0 Å². The normalized spacial score (nSPS) is 15.3. The van der Waals surface area contributed by atoms with Crippen LogP contribution in [0.5, 0.6) is 0 Å². The molecule has 0 aromatic heterocycles. The Morgan fingerprint density at radius 3 is 1.80 bits per heavy atom. The van der Waals surface area contributed by atoms with Gasteiger partial charge in [-0.25, -0.2) is 0 Å². The molecule has 0 fully saturated rings. The lowest BCUT2D eigenvalue weighted by molar-refractivity contribution is 0.0298. The van der Waals surface area contributed by atoms with Crippen molar-refractivity contribution in [2.45, 2.75) is 13.0 Å². The molecule has 10 heavy (non-hydrogen) atoms. The zero-order valence-corrected chi connectivity index (χ0v) is 6.12. The van der Waals surface area contributed by atoms with E-state index in [0.29, 0.717) is 0 Å². The molecule has 0 aliphatic heterocycles. The van der Waals surface area contributed by atoms with E-state index in [0.717, 1.165) is 0 Å². The lowest BCUT2D eigenvalue weighted by atomic mass is 9.85. The first kappa shape index (κ1) is 9.84. The number of hydrogen-bond acceptors (Lipinski definition) is 4. The molecule has 62 valence electrons. The topological polar surface area (TPSA) is 86.7 Å². The Morgan fingerprint density at radius 2 is 1.70 bits per heavy atom. The molecule has 0 bridgehead atoms. The highest BCUT2D eigenvalue weighted by Gasteiger charge is 2.29. The molecule has 0 radical (unpaired) electrons. The van der Waals surface area contributed by atoms with Gasteiger partial charge in [-0.1, -0.05) is 6.92 Å². The standard InChI is InChI=1S/C6H15NO3/c1-6(3-9,4-10)5(7)2-8/h5,8-10H,2-4,7H2,1H3. The van der Waals surface area contributed by atoms with E-state index < -0.39 is 11.5 Å². The third-order valence-corrected chi connectivity index (χ3v) is 1.81. The zero-order chi connectivity index (χ0) is 8.20. The van der Waals surface area contributed by atoms with Crippen molar-refractivity contribution in [3.63, 3.8) is 0 Å². The monoisotopic (exact) mass is 149 g/mol. The third kappa shape index (κ3) is 1.91. The predicted molar refractivity (Wildman–Crippen MR) is 37.3 cm³/mol. The largest absolute Gasteiger partial charge is 0.396 e. The first-order valence-corrected chi connectivity index (χ1v) is 3.19. The van der Waals surface area contributed by atoms with Crippen molar-refractivity contribution >= 4 is 0 Å². The summed E-state index contributed by atoms with van der Waals surface area (Å²) in [6.45, 7) is 0.960. The molecule has 0 saturated heterocycles. The molecule has 4 nitrogen and oxygen atoms in total. The lowest BCUT2D eigenvalue weighted by Crippen LogP contribution is -2.47. The Labute approximate surface area is 60.3 Å². The molecule has 1 unspecified atom stereocenters. The Morgan fingerprint density at radius 1 is 1.30 bits per heavy atom. The van der Waals surface area contributed by atoms with E-state index in [-0.39, 0.29) is 19.8 Å². The van der Waals surface area contributed by atoms with E-state index in [4.69, 9.17) is 21.1 Å². The summed E-state index contributed by atoms with van der Waals surface area (Å²) in [7, 11) is 0. The summed E-state index contributed by atoms with van der Waals surface area (Å²) in [6.07, 6.45) is 0. The zero-order valence-electron chi connectivity index (χ0n) is 6.12. The van der Waals surface area contributed by atoms with Crippen LogP contribution in [-0.4, -0.2) is 41.2 Å². The average molecular weight is 149 g/mol. The van der Waals surface area contributed by atoms with Gasteiger partial charge in [-0.2, -0.15) is 0 Å². The van der Waals surface area contributed by atoms with Gasteiger partial charge in [-0.05, 0) is 0 Å². The quantitative estimate of drug-likeness (QED) is 0.383. The van der Waals surface area contributed by atoms with Gasteiger partial charge in [0, 0.05) is 11.5 Å². The van der Waals surface area contributed by atoms with Gasteiger partial charge in [-0.15, -0.1) is 0 Å². The Balaban J connectivity index is 4.02. The van der Waals surface area contributed by atoms with Crippen LogP contribution < -0.4 is 5.73 Å². The van der Waals surface area contributed by atoms with Crippen molar-refractivity contribution in [1.29, 1.82) is 0 Å². The van der Waals surface area contributed by atoms with Crippen LogP contribution in [0.2, 0.25) is 0 Å². The summed E-state index contributed by atoms with van der Waals surface area (Å²) in [6, 6.07) is -0.567. The lowest BCUT2D eigenvalue weighted by Gasteiger charge is -2.29. The van der Waals surface area contributed by atoms with Gasteiger partial charge in [0.2, 0.25) is 0 Å². The van der Waals surface area contributed by atoms with Crippen LogP contribution in [0.1, 0.15) is 6.92 Å². The van der Waals surface area contributed by atoms with Crippen molar-refractivity contribution < 1.29 is 15.3 Å². The van der Waals surface area contributed by atoms with Crippen LogP contribution in [0, 0.1) is 5.41 Å². The number of aliphatic hydroxyl groups is 3.